The number of hydrogen-bond acceptors (Lipinski definition) is 2. The van der Waals surface area contributed by atoms with E-state index in [1.807, 2.05) is 24.3 Å². The van der Waals surface area contributed by atoms with E-state index in [-0.39, 0.29) is 11.9 Å². The maximum atomic E-state index is 13.0. The Balaban J connectivity index is 1.86. The number of carbonyl (C=O) groups excluding carboxylic acids is 1. The van der Waals surface area contributed by atoms with Crippen molar-refractivity contribution in [1.29, 1.82) is 0 Å². The predicted molar refractivity (Wildman–Crippen MR) is 121 cm³/mol. The van der Waals surface area contributed by atoms with Gasteiger partial charge in [-0.25, -0.2) is 4.79 Å². The van der Waals surface area contributed by atoms with Gasteiger partial charge in [0.05, 0.1) is 18.4 Å². The van der Waals surface area contributed by atoms with Crippen LogP contribution in [-0.4, -0.2) is 18.1 Å². The molecule has 0 spiro atoms. The van der Waals surface area contributed by atoms with Gasteiger partial charge in [-0.1, -0.05) is 72.3 Å². The third-order valence-corrected chi connectivity index (χ3v) is 6.02. The molecule has 1 N–H and O–H groups in total. The molecule has 1 unspecified atom stereocenters. The highest BCUT2D eigenvalue weighted by atomic mass is 16.5. The molecule has 1 aromatic heterocycles. The zero-order chi connectivity index (χ0) is 20.7. The minimum absolute atomic E-state index is 0.153. The highest BCUT2D eigenvalue weighted by Crippen LogP contribution is 2.48. The number of rotatable bonds is 3. The molecule has 30 heavy (non-hydrogen) atoms. The number of aryl methyl sites for hydroxylation is 1. The predicted octanol–water partition coefficient (Wildman–Crippen LogP) is 6.10. The fourth-order valence-corrected chi connectivity index (χ4v) is 4.64. The second kappa shape index (κ2) is 7.34. The summed E-state index contributed by atoms with van der Waals surface area (Å²) < 4.78 is 5.24. The van der Waals surface area contributed by atoms with Crippen LogP contribution in [0, 0.1) is 6.92 Å². The van der Waals surface area contributed by atoms with E-state index in [2.05, 4.69) is 66.5 Å². The highest BCUT2D eigenvalue weighted by molar-refractivity contribution is 6.26. The number of nitrogens with one attached hydrogen (secondary N) is 1. The van der Waals surface area contributed by atoms with Crippen LogP contribution >= 0.6 is 0 Å². The van der Waals surface area contributed by atoms with Crippen LogP contribution in [-0.2, 0) is 9.53 Å². The van der Waals surface area contributed by atoms with Gasteiger partial charge in [0, 0.05) is 16.8 Å². The zero-order valence-corrected chi connectivity index (χ0v) is 17.1. The van der Waals surface area contributed by atoms with Crippen molar-refractivity contribution in [3.05, 3.63) is 107 Å². The Morgan fingerprint density at radius 1 is 0.967 bits per heavy atom. The highest BCUT2D eigenvalue weighted by Gasteiger charge is 2.35. The third kappa shape index (κ3) is 2.94. The van der Waals surface area contributed by atoms with E-state index in [0.29, 0.717) is 5.57 Å². The van der Waals surface area contributed by atoms with Gasteiger partial charge in [0.2, 0.25) is 0 Å². The van der Waals surface area contributed by atoms with Crippen molar-refractivity contribution in [3.8, 4) is 0 Å². The van der Waals surface area contributed by atoms with Crippen LogP contribution in [0.3, 0.4) is 0 Å². The normalized spacial score (nSPS) is 15.9. The molecule has 3 nitrogen and oxygen atoms in total. The summed E-state index contributed by atoms with van der Waals surface area (Å²) in [6, 6.07) is 27.1. The summed E-state index contributed by atoms with van der Waals surface area (Å²) in [6.07, 6.45) is 0.742. The van der Waals surface area contributed by atoms with E-state index in [1.165, 1.54) is 29.2 Å². The molecule has 4 aromatic rings. The van der Waals surface area contributed by atoms with Crippen LogP contribution in [0.5, 0.6) is 0 Å². The number of H-pyrrole nitrogens is 1. The molecule has 1 atom stereocenters. The van der Waals surface area contributed by atoms with Crippen molar-refractivity contribution >= 4 is 28.0 Å². The van der Waals surface area contributed by atoms with Crippen molar-refractivity contribution in [1.82, 2.24) is 4.98 Å². The average molecular weight is 393 g/mol. The number of benzene rings is 3. The van der Waals surface area contributed by atoms with Gasteiger partial charge in [0.15, 0.2) is 0 Å². The third-order valence-electron chi connectivity index (χ3n) is 6.02. The SMILES string of the molecule is COC(=O)C1=C(c2ccccc2)CC(c2ccccc2)c2c1[nH]c1ccc(C)cc21. The van der Waals surface area contributed by atoms with Crippen molar-refractivity contribution in [2.24, 2.45) is 0 Å². The molecule has 1 aliphatic carbocycles. The summed E-state index contributed by atoms with van der Waals surface area (Å²) in [6.45, 7) is 2.10. The number of fused-ring (bicyclic) bond motifs is 3. The van der Waals surface area contributed by atoms with Crippen molar-refractivity contribution in [2.75, 3.05) is 7.11 Å². The molecule has 0 saturated carbocycles. The number of allylic oxidation sites excluding steroid dienone is 1. The molecule has 0 amide bonds. The lowest BCUT2D eigenvalue weighted by Gasteiger charge is -2.28. The van der Waals surface area contributed by atoms with E-state index in [0.717, 1.165) is 28.8 Å². The Morgan fingerprint density at radius 2 is 1.67 bits per heavy atom. The molecule has 0 aliphatic heterocycles. The van der Waals surface area contributed by atoms with Gasteiger partial charge in [0.25, 0.3) is 0 Å². The zero-order valence-electron chi connectivity index (χ0n) is 17.1. The lowest BCUT2D eigenvalue weighted by molar-refractivity contribution is -0.133. The number of aromatic nitrogens is 1. The summed E-state index contributed by atoms with van der Waals surface area (Å²) >= 11 is 0. The number of hydrogen-bond donors (Lipinski definition) is 1. The summed E-state index contributed by atoms with van der Waals surface area (Å²) in [4.78, 5) is 16.5. The van der Waals surface area contributed by atoms with E-state index < -0.39 is 0 Å². The van der Waals surface area contributed by atoms with E-state index in [1.54, 1.807) is 0 Å². The molecular formula is C27H23NO2. The first kappa shape index (κ1) is 18.4. The van der Waals surface area contributed by atoms with Crippen LogP contribution < -0.4 is 0 Å². The minimum atomic E-state index is -0.301. The van der Waals surface area contributed by atoms with Crippen LogP contribution in [0.4, 0.5) is 0 Å². The van der Waals surface area contributed by atoms with Crippen LogP contribution in [0.1, 0.15) is 40.3 Å². The lowest BCUT2D eigenvalue weighted by Crippen LogP contribution is -2.17. The minimum Gasteiger partial charge on any atom is -0.465 e. The number of aromatic amines is 1. The number of methoxy groups -OCH3 is 1. The van der Waals surface area contributed by atoms with Gasteiger partial charge in [0.1, 0.15) is 0 Å². The Morgan fingerprint density at radius 3 is 2.37 bits per heavy atom. The van der Waals surface area contributed by atoms with Gasteiger partial charge in [-0.15, -0.1) is 0 Å². The standard InChI is InChI=1S/C27H23NO2/c1-17-13-14-23-22(15-17)24-20(18-9-5-3-6-10-18)16-21(19-11-7-4-8-12-19)25(26(24)28-23)27(29)30-2/h3-15,20,28H,16H2,1-2H3. The van der Waals surface area contributed by atoms with Crippen LogP contribution in [0.2, 0.25) is 0 Å². The van der Waals surface area contributed by atoms with Gasteiger partial charge < -0.3 is 9.72 Å². The Kier molecular flexibility index (Phi) is 4.51. The number of esters is 1. The maximum Gasteiger partial charge on any atom is 0.340 e. The monoisotopic (exact) mass is 393 g/mol. The molecule has 0 bridgehead atoms. The van der Waals surface area contributed by atoms with E-state index in [4.69, 9.17) is 4.74 Å². The van der Waals surface area contributed by atoms with E-state index >= 15 is 0 Å². The quantitative estimate of drug-likeness (QED) is 0.428. The smallest absolute Gasteiger partial charge is 0.340 e. The summed E-state index contributed by atoms with van der Waals surface area (Å²) in [7, 11) is 1.45. The Bertz CT molecular complexity index is 1270. The summed E-state index contributed by atoms with van der Waals surface area (Å²) in [5.74, 6) is -0.148. The molecule has 1 aliphatic rings. The van der Waals surface area contributed by atoms with Crippen molar-refractivity contribution in [3.63, 3.8) is 0 Å². The van der Waals surface area contributed by atoms with Crippen LogP contribution in [0.15, 0.2) is 78.9 Å². The fourth-order valence-electron chi connectivity index (χ4n) is 4.64. The first-order valence-corrected chi connectivity index (χ1v) is 10.2. The van der Waals surface area contributed by atoms with E-state index in [9.17, 15) is 4.79 Å². The van der Waals surface area contributed by atoms with Gasteiger partial charge in [-0.2, -0.15) is 0 Å². The van der Waals surface area contributed by atoms with Crippen molar-refractivity contribution < 1.29 is 9.53 Å². The molecule has 0 fully saturated rings. The summed E-state index contributed by atoms with van der Waals surface area (Å²) in [5, 5.41) is 1.17. The molecule has 0 saturated heterocycles. The first-order chi connectivity index (χ1) is 14.7. The molecule has 3 heteroatoms. The van der Waals surface area contributed by atoms with Gasteiger partial charge in [-0.05, 0) is 47.7 Å². The largest absolute Gasteiger partial charge is 0.465 e. The fraction of sp³-hybridized carbons (Fsp3) is 0.148. The molecule has 0 radical (unpaired) electrons. The molecule has 5 rings (SSSR count). The van der Waals surface area contributed by atoms with Gasteiger partial charge in [-0.3, -0.25) is 0 Å². The molecule has 3 aromatic carbocycles. The second-order valence-electron chi connectivity index (χ2n) is 7.84. The maximum absolute atomic E-state index is 13.0. The van der Waals surface area contributed by atoms with Crippen LogP contribution in [0.25, 0.3) is 22.0 Å². The topological polar surface area (TPSA) is 42.1 Å². The average Bonchev–Trinajstić information content (AvgIpc) is 3.17. The summed E-state index contributed by atoms with van der Waals surface area (Å²) in [5.41, 5.74) is 8.27. The van der Waals surface area contributed by atoms with Gasteiger partial charge >= 0.3 is 5.97 Å². The molecule has 148 valence electrons. The number of carbonyl (C=O) groups is 1. The Hall–Kier alpha value is -3.59. The van der Waals surface area contributed by atoms with Crippen molar-refractivity contribution in [2.45, 2.75) is 19.3 Å². The Labute approximate surface area is 176 Å². The molecule has 1 heterocycles. The number of ether oxygens (including phenoxy) is 1. The lowest BCUT2D eigenvalue weighted by atomic mass is 9.75. The first-order valence-electron chi connectivity index (χ1n) is 10.2. The second-order valence-corrected chi connectivity index (χ2v) is 7.84. The molecular weight excluding hydrogens is 370 g/mol.